The molecule has 4 aromatic rings. The van der Waals surface area contributed by atoms with E-state index < -0.39 is 0 Å². The molecule has 4 heteroatoms. The summed E-state index contributed by atoms with van der Waals surface area (Å²) in [5, 5.41) is 0. The molecule has 0 nitrogen and oxygen atoms in total. The number of benzene rings is 4. The van der Waals surface area contributed by atoms with Crippen molar-refractivity contribution in [3.63, 3.8) is 0 Å². The number of halogens is 2. The summed E-state index contributed by atoms with van der Waals surface area (Å²) < 4.78 is 0. The Kier molecular flexibility index (Phi) is 10.4. The second-order valence-electron chi connectivity index (χ2n) is 8.49. The molecule has 0 amide bonds. The summed E-state index contributed by atoms with van der Waals surface area (Å²) in [6, 6.07) is 43.9. The van der Waals surface area contributed by atoms with E-state index in [1.807, 2.05) is 0 Å². The van der Waals surface area contributed by atoms with Crippen LogP contribution in [0.15, 0.2) is 121 Å². The van der Waals surface area contributed by atoms with Crippen molar-refractivity contribution in [1.29, 1.82) is 0 Å². The lowest BCUT2D eigenvalue weighted by Gasteiger charge is -2.24. The van der Waals surface area contributed by atoms with E-state index in [4.69, 9.17) is 0 Å². The average Bonchev–Trinajstić information content (AvgIpc) is 2.91. The second kappa shape index (κ2) is 13.7. The lowest BCUT2D eigenvalue weighted by molar-refractivity contribution is 0.929. The molecule has 2 unspecified atom stereocenters. The molecular weight excluding hydrogens is 582 g/mol. The van der Waals surface area contributed by atoms with Crippen molar-refractivity contribution in [3.8, 4) is 0 Å². The number of rotatable bonds is 11. The fourth-order valence-electron chi connectivity index (χ4n) is 4.34. The first kappa shape index (κ1) is 25.8. The lowest BCUT2D eigenvalue weighted by Crippen LogP contribution is -2.07. The molecule has 0 fully saturated rings. The van der Waals surface area contributed by atoms with Crippen LogP contribution in [0.1, 0.15) is 34.1 Å². The highest BCUT2D eigenvalue weighted by Gasteiger charge is 2.21. The van der Waals surface area contributed by atoms with Gasteiger partial charge in [0.15, 0.2) is 0 Å². The zero-order chi connectivity index (χ0) is 23.6. The highest BCUT2D eigenvalue weighted by molar-refractivity contribution is 9.40. The maximum Gasteiger partial charge on any atom is 0.0136 e. The third-order valence-corrected chi connectivity index (χ3v) is 13.3. The summed E-state index contributed by atoms with van der Waals surface area (Å²) >= 11 is 8.22. The van der Waals surface area contributed by atoms with Crippen LogP contribution in [0.5, 0.6) is 0 Å². The van der Waals surface area contributed by atoms with Gasteiger partial charge in [-0.15, -0.1) is 0 Å². The standard InChI is InChI=1S/C30H30Br2P2/c31-33(23-29(25-13-5-1-6-14-25)26-15-7-2-8-16-26)21-22-34(32)24-30(27-17-9-3-10-18-27)28-19-11-4-12-20-28/h1-20,29-30H,21-24H2. The Morgan fingerprint density at radius 2 is 0.647 bits per heavy atom. The molecule has 0 N–H and O–H groups in total. The summed E-state index contributed by atoms with van der Waals surface area (Å²) in [6.45, 7) is -0.469. The van der Waals surface area contributed by atoms with E-state index in [0.29, 0.717) is 11.8 Å². The van der Waals surface area contributed by atoms with Crippen LogP contribution in [0.4, 0.5) is 0 Å². The van der Waals surface area contributed by atoms with Gasteiger partial charge < -0.3 is 0 Å². The van der Waals surface area contributed by atoms with Gasteiger partial charge in [0.25, 0.3) is 0 Å². The van der Waals surface area contributed by atoms with E-state index in [0.717, 1.165) is 0 Å². The van der Waals surface area contributed by atoms with Crippen LogP contribution in [-0.2, 0) is 0 Å². The van der Waals surface area contributed by atoms with Gasteiger partial charge in [-0.25, -0.2) is 0 Å². The minimum Gasteiger partial charge on any atom is -0.0622 e. The lowest BCUT2D eigenvalue weighted by atomic mass is 9.93. The first-order chi connectivity index (χ1) is 16.7. The quantitative estimate of drug-likeness (QED) is 0.148. The highest BCUT2D eigenvalue weighted by Crippen LogP contribution is 2.55. The van der Waals surface area contributed by atoms with E-state index in [2.05, 4.69) is 152 Å². The van der Waals surface area contributed by atoms with Crippen LogP contribution in [0.2, 0.25) is 0 Å². The van der Waals surface area contributed by atoms with Gasteiger partial charge in [-0.05, 0) is 60.1 Å². The zero-order valence-corrected chi connectivity index (χ0v) is 24.1. The van der Waals surface area contributed by atoms with Crippen LogP contribution in [0.3, 0.4) is 0 Å². The van der Waals surface area contributed by atoms with E-state index in [1.165, 1.54) is 46.9 Å². The molecule has 0 radical (unpaired) electrons. The molecule has 0 aliphatic rings. The largest absolute Gasteiger partial charge is 0.0622 e. The third kappa shape index (κ3) is 7.60. The van der Waals surface area contributed by atoms with Crippen molar-refractivity contribution in [2.75, 3.05) is 24.6 Å². The molecular formula is C30H30Br2P2. The molecule has 0 heterocycles. The van der Waals surface area contributed by atoms with E-state index in [1.54, 1.807) is 0 Å². The Labute approximate surface area is 223 Å². The number of hydrogen-bond donors (Lipinski definition) is 0. The Morgan fingerprint density at radius 1 is 0.412 bits per heavy atom. The molecule has 2 atom stereocenters. The van der Waals surface area contributed by atoms with Crippen molar-refractivity contribution in [2.45, 2.75) is 11.8 Å². The molecule has 0 bridgehead atoms. The summed E-state index contributed by atoms with van der Waals surface area (Å²) in [7, 11) is 0. The smallest absolute Gasteiger partial charge is 0.0136 e. The Balaban J connectivity index is 1.40. The van der Waals surface area contributed by atoms with Crippen molar-refractivity contribution >= 4 is 44.2 Å². The maximum absolute atomic E-state index is 4.11. The first-order valence-electron chi connectivity index (χ1n) is 11.7. The van der Waals surface area contributed by atoms with Gasteiger partial charge in [0.05, 0.1) is 0 Å². The van der Waals surface area contributed by atoms with Gasteiger partial charge in [-0.2, -0.15) is 0 Å². The van der Waals surface area contributed by atoms with Crippen LogP contribution in [-0.4, -0.2) is 24.6 Å². The summed E-state index contributed by atoms with van der Waals surface area (Å²) in [5.41, 5.74) is 5.65. The predicted molar refractivity (Wildman–Crippen MR) is 161 cm³/mol. The van der Waals surface area contributed by atoms with Crippen LogP contribution in [0, 0.1) is 0 Å². The first-order valence-corrected chi connectivity index (χ1v) is 19.2. The molecule has 0 aliphatic heterocycles. The zero-order valence-electron chi connectivity index (χ0n) is 19.2. The van der Waals surface area contributed by atoms with E-state index in [-0.39, 0.29) is 13.2 Å². The van der Waals surface area contributed by atoms with Gasteiger partial charge in [-0.1, -0.05) is 152 Å². The van der Waals surface area contributed by atoms with E-state index in [9.17, 15) is 0 Å². The van der Waals surface area contributed by atoms with Crippen LogP contribution < -0.4 is 0 Å². The molecule has 4 rings (SSSR count). The van der Waals surface area contributed by atoms with E-state index >= 15 is 0 Å². The monoisotopic (exact) mass is 610 g/mol. The Bertz CT molecular complexity index is 922. The number of hydrogen-bond acceptors (Lipinski definition) is 0. The normalized spacial score (nSPS) is 13.2. The fraction of sp³-hybridized carbons (Fsp3) is 0.200. The molecule has 174 valence electrons. The van der Waals surface area contributed by atoms with Gasteiger partial charge in [0.2, 0.25) is 0 Å². The topological polar surface area (TPSA) is 0 Å². The second-order valence-corrected chi connectivity index (χ2v) is 18.0. The van der Waals surface area contributed by atoms with Crippen molar-refractivity contribution in [3.05, 3.63) is 144 Å². The minimum absolute atomic E-state index is 0.234. The molecule has 0 aromatic heterocycles. The molecule has 0 saturated carbocycles. The van der Waals surface area contributed by atoms with Crippen LogP contribution in [0.25, 0.3) is 0 Å². The molecule has 34 heavy (non-hydrogen) atoms. The summed E-state index contributed by atoms with van der Waals surface area (Å²) in [4.78, 5) is 0. The van der Waals surface area contributed by atoms with Crippen molar-refractivity contribution < 1.29 is 0 Å². The Morgan fingerprint density at radius 3 is 0.882 bits per heavy atom. The SMILES string of the molecule is BrP(CCP(Br)CC(c1ccccc1)c1ccccc1)CC(c1ccccc1)c1ccccc1. The fourth-order valence-corrected chi connectivity index (χ4v) is 12.7. The van der Waals surface area contributed by atoms with Crippen molar-refractivity contribution in [2.24, 2.45) is 0 Å². The van der Waals surface area contributed by atoms with Gasteiger partial charge in [-0.3, -0.25) is 0 Å². The Hall–Kier alpha value is -1.30. The van der Waals surface area contributed by atoms with Gasteiger partial charge in [0.1, 0.15) is 0 Å². The molecule has 0 aliphatic carbocycles. The third-order valence-electron chi connectivity index (χ3n) is 6.15. The average molecular weight is 612 g/mol. The molecule has 4 aromatic carbocycles. The molecule has 0 saturated heterocycles. The molecule has 0 spiro atoms. The van der Waals surface area contributed by atoms with Crippen molar-refractivity contribution in [1.82, 2.24) is 0 Å². The van der Waals surface area contributed by atoms with Gasteiger partial charge >= 0.3 is 0 Å². The summed E-state index contributed by atoms with van der Waals surface area (Å²) in [6.07, 6.45) is 4.80. The maximum atomic E-state index is 4.11. The van der Waals surface area contributed by atoms with Crippen LogP contribution >= 0.6 is 44.2 Å². The summed E-state index contributed by atoms with van der Waals surface area (Å²) in [5.74, 6) is 0.881. The highest BCUT2D eigenvalue weighted by atomic mass is 79.9. The van der Waals surface area contributed by atoms with Gasteiger partial charge in [0, 0.05) is 11.8 Å². The minimum atomic E-state index is -0.234. The predicted octanol–water partition coefficient (Wildman–Crippen LogP) is 10.2.